The number of aliphatic hydroxyl groups is 1. The van der Waals surface area contributed by atoms with Gasteiger partial charge in [0.25, 0.3) is 5.91 Å². The van der Waals surface area contributed by atoms with Crippen LogP contribution in [0.4, 0.5) is 0 Å². The van der Waals surface area contributed by atoms with Gasteiger partial charge in [-0.05, 0) is 36.2 Å². The summed E-state index contributed by atoms with van der Waals surface area (Å²) in [6.07, 6.45) is 3.51. The largest absolute Gasteiger partial charge is 0.503 e. The normalized spacial score (nSPS) is 16.0. The van der Waals surface area contributed by atoms with Crippen LogP contribution < -0.4 is 9.47 Å². The quantitative estimate of drug-likeness (QED) is 0.333. The van der Waals surface area contributed by atoms with Gasteiger partial charge in [-0.1, -0.05) is 18.7 Å². The fourth-order valence-corrected chi connectivity index (χ4v) is 3.50. The van der Waals surface area contributed by atoms with Crippen molar-refractivity contribution in [3.05, 3.63) is 71.9 Å². The number of nitrogens with zero attached hydrogens (tertiary/aromatic N) is 1. The molecular weight excluding hydrogens is 402 g/mol. The highest BCUT2D eigenvalue weighted by Gasteiger charge is 2.44. The minimum atomic E-state index is -0.815. The van der Waals surface area contributed by atoms with Gasteiger partial charge in [0.1, 0.15) is 6.61 Å². The first-order valence-corrected chi connectivity index (χ1v) is 9.76. The number of methoxy groups -OCH3 is 2. The minimum Gasteiger partial charge on any atom is -0.503 e. The summed E-state index contributed by atoms with van der Waals surface area (Å²) in [6, 6.07) is 7.36. The van der Waals surface area contributed by atoms with E-state index in [1.54, 1.807) is 37.5 Å². The maximum Gasteiger partial charge on any atom is 0.290 e. The number of carbonyl (C=O) groups is 2. The second-order valence-corrected chi connectivity index (χ2v) is 6.83. The summed E-state index contributed by atoms with van der Waals surface area (Å²) in [5, 5.41) is 10.6. The average Bonchev–Trinajstić information content (AvgIpc) is 3.40. The van der Waals surface area contributed by atoms with Gasteiger partial charge in [-0.15, -0.1) is 0 Å². The molecule has 8 nitrogen and oxygen atoms in total. The molecule has 0 unspecified atom stereocenters. The van der Waals surface area contributed by atoms with Gasteiger partial charge in [0.15, 0.2) is 23.0 Å². The van der Waals surface area contributed by atoms with E-state index in [9.17, 15) is 14.7 Å². The van der Waals surface area contributed by atoms with Crippen LogP contribution in [0.2, 0.25) is 0 Å². The second kappa shape index (κ2) is 9.99. The first kappa shape index (κ1) is 22.2. The Kier molecular flexibility index (Phi) is 7.15. The van der Waals surface area contributed by atoms with E-state index in [0.717, 1.165) is 0 Å². The summed E-state index contributed by atoms with van der Waals surface area (Å²) < 4.78 is 21.3. The van der Waals surface area contributed by atoms with Gasteiger partial charge in [0, 0.05) is 20.3 Å². The highest BCUT2D eigenvalue weighted by molar-refractivity contribution is 6.15. The van der Waals surface area contributed by atoms with Crippen molar-refractivity contribution in [1.82, 2.24) is 4.90 Å². The number of carbonyl (C=O) groups excluding carboxylic acids is 2. The van der Waals surface area contributed by atoms with E-state index >= 15 is 0 Å². The number of hydrogen-bond acceptors (Lipinski definition) is 7. The van der Waals surface area contributed by atoms with Crippen LogP contribution >= 0.6 is 0 Å². The van der Waals surface area contributed by atoms with Crippen molar-refractivity contribution in [1.29, 1.82) is 0 Å². The maximum atomic E-state index is 13.1. The lowest BCUT2D eigenvalue weighted by atomic mass is 9.94. The number of benzene rings is 1. The SMILES string of the molecule is C=CCOc1ccc([C@H]2C(C(=O)c3ccco3)=C(O)C(=O)N2CCCOC)cc1OC. The number of ketones is 1. The van der Waals surface area contributed by atoms with E-state index in [-0.39, 0.29) is 17.9 Å². The van der Waals surface area contributed by atoms with Crippen LogP contribution in [0.3, 0.4) is 0 Å². The zero-order valence-corrected chi connectivity index (χ0v) is 17.5. The molecule has 8 heteroatoms. The number of hydrogen-bond donors (Lipinski definition) is 1. The lowest BCUT2D eigenvalue weighted by Crippen LogP contribution is -2.32. The van der Waals surface area contributed by atoms with E-state index in [0.29, 0.717) is 36.7 Å². The van der Waals surface area contributed by atoms with Crippen LogP contribution in [-0.4, -0.2) is 55.7 Å². The van der Waals surface area contributed by atoms with Crippen LogP contribution in [0.25, 0.3) is 0 Å². The van der Waals surface area contributed by atoms with Crippen molar-refractivity contribution in [2.75, 3.05) is 34.0 Å². The van der Waals surface area contributed by atoms with Crippen molar-refractivity contribution < 1.29 is 33.3 Å². The van der Waals surface area contributed by atoms with Crippen LogP contribution in [-0.2, 0) is 9.53 Å². The van der Waals surface area contributed by atoms with Crippen LogP contribution in [0.1, 0.15) is 28.6 Å². The third-order valence-electron chi connectivity index (χ3n) is 4.90. The van der Waals surface area contributed by atoms with Crippen LogP contribution in [0.15, 0.2) is 65.0 Å². The second-order valence-electron chi connectivity index (χ2n) is 6.83. The predicted octanol–water partition coefficient (Wildman–Crippen LogP) is 3.47. The van der Waals surface area contributed by atoms with Crippen molar-refractivity contribution in [2.24, 2.45) is 0 Å². The molecule has 1 aliphatic rings. The Hall–Kier alpha value is -3.52. The van der Waals surface area contributed by atoms with Crippen molar-refractivity contribution in [3.63, 3.8) is 0 Å². The number of amides is 1. The molecule has 0 bridgehead atoms. The molecule has 2 heterocycles. The van der Waals surface area contributed by atoms with Gasteiger partial charge in [-0.2, -0.15) is 0 Å². The molecule has 0 fully saturated rings. The molecule has 1 aromatic heterocycles. The van der Waals surface area contributed by atoms with E-state index in [1.165, 1.54) is 24.3 Å². The number of furan rings is 1. The summed E-state index contributed by atoms with van der Waals surface area (Å²) in [6.45, 7) is 4.63. The summed E-state index contributed by atoms with van der Waals surface area (Å²) in [5.41, 5.74) is 0.548. The Balaban J connectivity index is 2.05. The first-order chi connectivity index (χ1) is 15.0. The fourth-order valence-electron chi connectivity index (χ4n) is 3.50. The summed E-state index contributed by atoms with van der Waals surface area (Å²) in [4.78, 5) is 27.4. The Bertz CT molecular complexity index is 978. The topological polar surface area (TPSA) is 98.4 Å². The maximum absolute atomic E-state index is 13.1. The highest BCUT2D eigenvalue weighted by Crippen LogP contribution is 2.41. The van der Waals surface area contributed by atoms with Gasteiger partial charge < -0.3 is 28.6 Å². The van der Waals surface area contributed by atoms with Gasteiger partial charge in [0.05, 0.1) is 25.0 Å². The first-order valence-electron chi connectivity index (χ1n) is 9.76. The van der Waals surface area contributed by atoms with Crippen molar-refractivity contribution >= 4 is 11.7 Å². The average molecular weight is 427 g/mol. The van der Waals surface area contributed by atoms with E-state index in [2.05, 4.69) is 6.58 Å². The fraction of sp³-hybridized carbons (Fsp3) is 0.304. The lowest BCUT2D eigenvalue weighted by Gasteiger charge is -2.27. The van der Waals surface area contributed by atoms with Gasteiger partial charge in [-0.25, -0.2) is 0 Å². The number of aliphatic hydroxyl groups excluding tert-OH is 1. The summed E-state index contributed by atoms with van der Waals surface area (Å²) in [5.74, 6) is -0.804. The number of ether oxygens (including phenoxy) is 3. The molecule has 1 amide bonds. The van der Waals surface area contributed by atoms with E-state index in [1.807, 2.05) is 0 Å². The van der Waals surface area contributed by atoms with Gasteiger partial charge in [-0.3, -0.25) is 9.59 Å². The summed E-state index contributed by atoms with van der Waals surface area (Å²) >= 11 is 0. The van der Waals surface area contributed by atoms with Gasteiger partial charge >= 0.3 is 0 Å². The number of Topliss-reactive ketones (excluding diaryl/α,β-unsaturated/α-hetero) is 1. The molecule has 3 rings (SSSR count). The third-order valence-corrected chi connectivity index (χ3v) is 4.90. The Labute approximate surface area is 180 Å². The Morgan fingerprint density at radius 2 is 2.10 bits per heavy atom. The molecule has 31 heavy (non-hydrogen) atoms. The standard InChI is InChI=1S/C23H25NO7/c1-4-11-30-16-9-8-15(14-18(16)29-3)20-19(21(25)17-7-5-13-31-17)22(26)23(27)24(20)10-6-12-28-2/h4-5,7-9,13-14,20,26H,1,6,10-12H2,2-3H3/t20-/m0/s1. The zero-order chi connectivity index (χ0) is 22.4. The molecule has 2 aromatic rings. The molecule has 1 N–H and O–H groups in total. The van der Waals surface area contributed by atoms with Crippen LogP contribution in [0.5, 0.6) is 11.5 Å². The molecular formula is C23H25NO7. The molecule has 1 atom stereocenters. The number of rotatable bonds is 11. The lowest BCUT2D eigenvalue weighted by molar-refractivity contribution is -0.129. The molecule has 1 aliphatic heterocycles. The molecule has 164 valence electrons. The highest BCUT2D eigenvalue weighted by atomic mass is 16.5. The van der Waals surface area contributed by atoms with Crippen molar-refractivity contribution in [2.45, 2.75) is 12.5 Å². The zero-order valence-electron chi connectivity index (χ0n) is 17.5. The predicted molar refractivity (Wildman–Crippen MR) is 112 cm³/mol. The molecule has 0 saturated carbocycles. The minimum absolute atomic E-state index is 0.0380. The molecule has 0 saturated heterocycles. The Morgan fingerprint density at radius 1 is 1.29 bits per heavy atom. The molecule has 1 aromatic carbocycles. The molecule has 0 aliphatic carbocycles. The Morgan fingerprint density at radius 3 is 2.74 bits per heavy atom. The smallest absolute Gasteiger partial charge is 0.290 e. The third kappa shape index (κ3) is 4.49. The van der Waals surface area contributed by atoms with E-state index in [4.69, 9.17) is 18.6 Å². The molecule has 0 spiro atoms. The summed E-state index contributed by atoms with van der Waals surface area (Å²) in [7, 11) is 3.07. The van der Waals surface area contributed by atoms with Crippen molar-refractivity contribution in [3.8, 4) is 11.5 Å². The van der Waals surface area contributed by atoms with Gasteiger partial charge in [0.2, 0.25) is 5.78 Å². The van der Waals surface area contributed by atoms with E-state index < -0.39 is 23.5 Å². The van der Waals surface area contributed by atoms with Crippen LogP contribution in [0, 0.1) is 0 Å². The monoisotopic (exact) mass is 427 g/mol. The molecule has 0 radical (unpaired) electrons.